The van der Waals surface area contributed by atoms with Crippen LogP contribution in [0, 0.1) is 0 Å². The van der Waals surface area contributed by atoms with E-state index in [0.29, 0.717) is 18.7 Å². The first-order valence-electron chi connectivity index (χ1n) is 10.4. The average Bonchev–Trinajstić information content (AvgIpc) is 3.17. The molecule has 3 aromatic carbocycles. The molecule has 0 aliphatic carbocycles. The number of hydrogen-bond donors (Lipinski definition) is 0. The molecule has 4 rings (SSSR count). The van der Waals surface area contributed by atoms with Crippen molar-refractivity contribution in [3.05, 3.63) is 108 Å². The van der Waals surface area contributed by atoms with Crippen LogP contribution in [0.3, 0.4) is 0 Å². The molecule has 0 saturated heterocycles. The number of halogens is 1. The zero-order valence-electron chi connectivity index (χ0n) is 18.1. The molecule has 0 spiro atoms. The van der Waals surface area contributed by atoms with Gasteiger partial charge in [-0.1, -0.05) is 84.9 Å². The van der Waals surface area contributed by atoms with Gasteiger partial charge in [0.25, 0.3) is 0 Å². The summed E-state index contributed by atoms with van der Waals surface area (Å²) >= 11 is 0. The molecule has 32 heavy (non-hydrogen) atoms. The Labute approximate surface area is 196 Å². The van der Waals surface area contributed by atoms with Crippen molar-refractivity contribution in [2.75, 3.05) is 6.61 Å². The van der Waals surface area contributed by atoms with Crippen molar-refractivity contribution < 1.29 is 9.53 Å². The maximum absolute atomic E-state index is 12.1. The van der Waals surface area contributed by atoms with E-state index in [4.69, 9.17) is 4.74 Å². The van der Waals surface area contributed by atoms with Gasteiger partial charge < -0.3 is 4.74 Å². The van der Waals surface area contributed by atoms with Gasteiger partial charge in [-0.3, -0.25) is 4.68 Å². The van der Waals surface area contributed by atoms with Gasteiger partial charge in [0.2, 0.25) is 0 Å². The third-order valence-electron chi connectivity index (χ3n) is 5.09. The van der Waals surface area contributed by atoms with Gasteiger partial charge in [-0.2, -0.15) is 5.10 Å². The van der Waals surface area contributed by atoms with E-state index in [0.717, 1.165) is 5.69 Å². The summed E-state index contributed by atoms with van der Waals surface area (Å²) in [6.45, 7) is 2.14. The highest BCUT2D eigenvalue weighted by atomic mass is 35.5. The molecule has 1 heterocycles. The van der Waals surface area contributed by atoms with Crippen molar-refractivity contribution in [3.63, 3.8) is 0 Å². The first-order valence-corrected chi connectivity index (χ1v) is 11.7. The molecule has 0 bridgehead atoms. The maximum Gasteiger partial charge on any atom is 0.358 e. The molecule has 164 valence electrons. The fourth-order valence-corrected chi connectivity index (χ4v) is 6.10. The predicted octanol–water partition coefficient (Wildman–Crippen LogP) is 4.37. The molecule has 0 saturated carbocycles. The fourth-order valence-electron chi connectivity index (χ4n) is 3.63. The third-order valence-corrected chi connectivity index (χ3v) is 7.64. The highest BCUT2D eigenvalue weighted by Gasteiger charge is 2.21. The number of ether oxygens (including phenoxy) is 1. The van der Waals surface area contributed by atoms with Gasteiger partial charge in [0.15, 0.2) is 5.69 Å². The number of carbonyl (C=O) groups excluding carboxylic acids is 1. The molecule has 4 nitrogen and oxygen atoms in total. The number of benzene rings is 3. The van der Waals surface area contributed by atoms with Crippen LogP contribution in [0.1, 0.15) is 28.7 Å². The highest BCUT2D eigenvalue weighted by Crippen LogP contribution is 2.34. The van der Waals surface area contributed by atoms with Gasteiger partial charge in [-0.25, -0.2) is 4.79 Å². The Bertz CT molecular complexity index is 1120. The number of aromatic nitrogens is 2. The smallest absolute Gasteiger partial charge is 0.358 e. The quantitative estimate of drug-likeness (QED) is 0.301. The van der Waals surface area contributed by atoms with Crippen molar-refractivity contribution in [3.8, 4) is 0 Å². The van der Waals surface area contributed by atoms with Crippen LogP contribution in [-0.4, -0.2) is 22.4 Å². The summed E-state index contributed by atoms with van der Waals surface area (Å²) < 4.78 is 6.89. The third kappa shape index (κ3) is 5.27. The van der Waals surface area contributed by atoms with Gasteiger partial charge in [0.05, 0.1) is 6.61 Å². The van der Waals surface area contributed by atoms with E-state index in [1.807, 2.05) is 13.1 Å². The molecule has 0 fully saturated rings. The molecule has 0 atom stereocenters. The lowest BCUT2D eigenvalue weighted by Crippen LogP contribution is -2.23. The van der Waals surface area contributed by atoms with Crippen molar-refractivity contribution >= 4 is 42.2 Å². The van der Waals surface area contributed by atoms with Gasteiger partial charge in [-0.15, -0.1) is 12.4 Å². The van der Waals surface area contributed by atoms with E-state index in [-0.39, 0.29) is 18.4 Å². The van der Waals surface area contributed by atoms with E-state index < -0.39 is 7.92 Å². The topological polar surface area (TPSA) is 44.1 Å². The van der Waals surface area contributed by atoms with Crippen LogP contribution < -0.4 is 15.9 Å². The van der Waals surface area contributed by atoms with E-state index >= 15 is 0 Å². The lowest BCUT2D eigenvalue weighted by atomic mass is 10.1. The molecule has 0 N–H and O–H groups in total. The lowest BCUT2D eigenvalue weighted by molar-refractivity contribution is 0.0518. The Balaban J connectivity index is 0.00000289. The van der Waals surface area contributed by atoms with Gasteiger partial charge in [0.1, 0.15) is 0 Å². The van der Waals surface area contributed by atoms with E-state index in [9.17, 15) is 4.79 Å². The van der Waals surface area contributed by atoms with Crippen molar-refractivity contribution in [1.29, 1.82) is 0 Å². The Morgan fingerprint density at radius 3 is 2.06 bits per heavy atom. The molecule has 0 amide bonds. The summed E-state index contributed by atoms with van der Waals surface area (Å²) in [5, 5.41) is 8.30. The minimum atomic E-state index is -0.705. The molecule has 0 radical (unpaired) electrons. The van der Waals surface area contributed by atoms with Crippen molar-refractivity contribution in [2.24, 2.45) is 7.05 Å². The standard InChI is InChI=1S/C26H25N2O2P.ClH/c1-3-30-26(29)24-19-21(28(2)27-24)18-20-12-10-11-17-25(20)31(22-13-6-4-7-14-22)23-15-8-5-9-16-23;/h4-17,19H,3,18H2,1-2H3;1H. The second-order valence-electron chi connectivity index (χ2n) is 7.18. The average molecular weight is 465 g/mol. The van der Waals surface area contributed by atoms with Crippen LogP contribution in [0.4, 0.5) is 0 Å². The zero-order valence-corrected chi connectivity index (χ0v) is 19.9. The van der Waals surface area contributed by atoms with E-state index in [2.05, 4.69) is 90.0 Å². The van der Waals surface area contributed by atoms with Crippen LogP contribution in [0.5, 0.6) is 0 Å². The number of rotatable bonds is 7. The minimum absolute atomic E-state index is 0. The van der Waals surface area contributed by atoms with Crippen LogP contribution >= 0.6 is 20.3 Å². The molecule has 0 unspecified atom stereocenters. The first-order chi connectivity index (χ1) is 15.2. The van der Waals surface area contributed by atoms with Crippen LogP contribution in [0.15, 0.2) is 91.0 Å². The van der Waals surface area contributed by atoms with Crippen LogP contribution in [0.25, 0.3) is 0 Å². The van der Waals surface area contributed by atoms with E-state index in [1.165, 1.54) is 21.5 Å². The fraction of sp³-hybridized carbons (Fsp3) is 0.154. The second kappa shape index (κ2) is 11.1. The molecule has 1 aromatic heterocycles. The Hall–Kier alpha value is -2.94. The van der Waals surface area contributed by atoms with Gasteiger partial charge >= 0.3 is 5.97 Å². The SMILES string of the molecule is CCOC(=O)c1cc(Cc2ccccc2P(c2ccccc2)c2ccccc2)n(C)n1.Cl. The number of carbonyl (C=O) groups is 1. The molecule has 0 aliphatic heterocycles. The number of nitrogens with zero attached hydrogens (tertiary/aromatic N) is 2. The number of hydrogen-bond acceptors (Lipinski definition) is 3. The zero-order chi connectivity index (χ0) is 21.6. The normalized spacial score (nSPS) is 10.6. The summed E-state index contributed by atoms with van der Waals surface area (Å²) in [5.74, 6) is -0.381. The van der Waals surface area contributed by atoms with E-state index in [1.54, 1.807) is 11.6 Å². The molecular weight excluding hydrogens is 439 g/mol. The Morgan fingerprint density at radius 1 is 0.906 bits per heavy atom. The van der Waals surface area contributed by atoms with Crippen molar-refractivity contribution in [2.45, 2.75) is 13.3 Å². The maximum atomic E-state index is 12.1. The van der Waals surface area contributed by atoms with Crippen LogP contribution in [0.2, 0.25) is 0 Å². The first kappa shape index (κ1) is 23.7. The summed E-state index contributed by atoms with van der Waals surface area (Å²) in [6, 6.07) is 31.8. The molecule has 4 aromatic rings. The lowest BCUT2D eigenvalue weighted by Gasteiger charge is -2.22. The number of aryl methyl sites for hydroxylation is 1. The van der Waals surface area contributed by atoms with Gasteiger partial charge in [-0.05, 0) is 42.4 Å². The van der Waals surface area contributed by atoms with Gasteiger partial charge in [0, 0.05) is 19.2 Å². The minimum Gasteiger partial charge on any atom is -0.461 e. The molecule has 0 aliphatic rings. The summed E-state index contributed by atoms with van der Waals surface area (Å²) in [7, 11) is 1.17. The summed E-state index contributed by atoms with van der Waals surface area (Å²) in [4.78, 5) is 12.1. The molecule has 6 heteroatoms. The monoisotopic (exact) mass is 464 g/mol. The summed E-state index contributed by atoms with van der Waals surface area (Å²) in [6.07, 6.45) is 0.692. The summed E-state index contributed by atoms with van der Waals surface area (Å²) in [5.41, 5.74) is 2.57. The largest absolute Gasteiger partial charge is 0.461 e. The number of esters is 1. The Kier molecular flexibility index (Phi) is 8.21. The molecular formula is C26H26ClN2O2P. The van der Waals surface area contributed by atoms with Crippen LogP contribution in [-0.2, 0) is 18.2 Å². The Morgan fingerprint density at radius 2 is 1.47 bits per heavy atom. The highest BCUT2D eigenvalue weighted by molar-refractivity contribution is 7.79. The van der Waals surface area contributed by atoms with Crippen molar-refractivity contribution in [1.82, 2.24) is 9.78 Å². The predicted molar refractivity (Wildman–Crippen MR) is 134 cm³/mol. The second-order valence-corrected chi connectivity index (χ2v) is 9.36.